The number of nitrogens with one attached hydrogen (secondary N) is 1. The SMILES string of the molecule is Cc1cc(C(C)NC(=O)C2COCC2N)c(C)s1. The van der Waals surface area contributed by atoms with Crippen LogP contribution in [0.15, 0.2) is 6.07 Å². The average molecular weight is 268 g/mol. The van der Waals surface area contributed by atoms with Gasteiger partial charge in [-0.05, 0) is 32.4 Å². The molecular weight excluding hydrogens is 248 g/mol. The quantitative estimate of drug-likeness (QED) is 0.873. The maximum atomic E-state index is 12.1. The van der Waals surface area contributed by atoms with Crippen LogP contribution in [0.3, 0.4) is 0 Å². The summed E-state index contributed by atoms with van der Waals surface area (Å²) in [5.41, 5.74) is 7.04. The van der Waals surface area contributed by atoms with Gasteiger partial charge in [-0.3, -0.25) is 4.79 Å². The first-order valence-corrected chi connectivity index (χ1v) is 7.01. The van der Waals surface area contributed by atoms with Crippen molar-refractivity contribution in [3.05, 3.63) is 21.4 Å². The van der Waals surface area contributed by atoms with Crippen molar-refractivity contribution in [3.8, 4) is 0 Å². The zero-order chi connectivity index (χ0) is 13.3. The molecule has 0 spiro atoms. The van der Waals surface area contributed by atoms with Gasteiger partial charge < -0.3 is 15.8 Å². The van der Waals surface area contributed by atoms with Crippen molar-refractivity contribution in [1.29, 1.82) is 0 Å². The second-order valence-corrected chi connectivity index (χ2v) is 6.37. The number of aryl methyl sites for hydroxylation is 2. The summed E-state index contributed by atoms with van der Waals surface area (Å²) in [5, 5.41) is 3.03. The average Bonchev–Trinajstić information content (AvgIpc) is 2.84. The summed E-state index contributed by atoms with van der Waals surface area (Å²) in [4.78, 5) is 14.6. The lowest BCUT2D eigenvalue weighted by molar-refractivity contribution is -0.125. The largest absolute Gasteiger partial charge is 0.379 e. The van der Waals surface area contributed by atoms with E-state index in [9.17, 15) is 4.79 Å². The third kappa shape index (κ3) is 2.74. The third-order valence-electron chi connectivity index (χ3n) is 3.37. The summed E-state index contributed by atoms with van der Waals surface area (Å²) in [6.45, 7) is 7.08. The van der Waals surface area contributed by atoms with Gasteiger partial charge in [0.25, 0.3) is 0 Å². The Balaban J connectivity index is 2.01. The van der Waals surface area contributed by atoms with E-state index in [0.29, 0.717) is 13.2 Å². The molecule has 0 aromatic carbocycles. The minimum Gasteiger partial charge on any atom is -0.379 e. The van der Waals surface area contributed by atoms with Gasteiger partial charge >= 0.3 is 0 Å². The van der Waals surface area contributed by atoms with Crippen LogP contribution in [-0.4, -0.2) is 25.2 Å². The van der Waals surface area contributed by atoms with Crippen molar-refractivity contribution in [1.82, 2.24) is 5.32 Å². The molecule has 2 rings (SSSR count). The van der Waals surface area contributed by atoms with Gasteiger partial charge in [0, 0.05) is 15.8 Å². The van der Waals surface area contributed by atoms with Gasteiger partial charge in [0.15, 0.2) is 0 Å². The molecule has 0 radical (unpaired) electrons. The van der Waals surface area contributed by atoms with Crippen LogP contribution in [0.25, 0.3) is 0 Å². The van der Waals surface area contributed by atoms with Crippen LogP contribution in [0, 0.1) is 19.8 Å². The van der Waals surface area contributed by atoms with Gasteiger partial charge in [0.05, 0.1) is 25.2 Å². The second kappa shape index (κ2) is 5.38. The first-order valence-electron chi connectivity index (χ1n) is 6.19. The first kappa shape index (κ1) is 13.5. The van der Waals surface area contributed by atoms with Gasteiger partial charge in [0.1, 0.15) is 0 Å². The summed E-state index contributed by atoms with van der Waals surface area (Å²) in [7, 11) is 0. The molecule has 5 heteroatoms. The molecule has 0 saturated carbocycles. The van der Waals surface area contributed by atoms with E-state index in [2.05, 4.69) is 25.2 Å². The highest BCUT2D eigenvalue weighted by Gasteiger charge is 2.32. The molecule has 3 N–H and O–H groups in total. The van der Waals surface area contributed by atoms with E-state index in [1.54, 1.807) is 11.3 Å². The van der Waals surface area contributed by atoms with E-state index in [0.717, 1.165) is 0 Å². The maximum Gasteiger partial charge on any atom is 0.227 e. The predicted octanol–water partition coefficient (Wildman–Crippen LogP) is 1.52. The van der Waals surface area contributed by atoms with Gasteiger partial charge in [-0.25, -0.2) is 0 Å². The van der Waals surface area contributed by atoms with Crippen LogP contribution in [0.1, 0.15) is 28.3 Å². The molecule has 1 fully saturated rings. The van der Waals surface area contributed by atoms with Gasteiger partial charge in [0.2, 0.25) is 5.91 Å². The monoisotopic (exact) mass is 268 g/mol. The summed E-state index contributed by atoms with van der Waals surface area (Å²) in [5.74, 6) is -0.219. The van der Waals surface area contributed by atoms with Crippen molar-refractivity contribution in [2.24, 2.45) is 11.7 Å². The lowest BCUT2D eigenvalue weighted by Crippen LogP contribution is -2.41. The lowest BCUT2D eigenvalue weighted by Gasteiger charge is -2.18. The van der Waals surface area contributed by atoms with Crippen LogP contribution in [0.5, 0.6) is 0 Å². The maximum absolute atomic E-state index is 12.1. The molecule has 4 nitrogen and oxygen atoms in total. The Labute approximate surface area is 112 Å². The zero-order valence-corrected chi connectivity index (χ0v) is 11.8. The molecule has 3 atom stereocenters. The number of thiophene rings is 1. The van der Waals surface area contributed by atoms with Gasteiger partial charge in [-0.1, -0.05) is 0 Å². The number of nitrogens with two attached hydrogens (primary N) is 1. The van der Waals surface area contributed by atoms with Crippen LogP contribution < -0.4 is 11.1 Å². The van der Waals surface area contributed by atoms with Crippen molar-refractivity contribution in [3.63, 3.8) is 0 Å². The van der Waals surface area contributed by atoms with Crippen molar-refractivity contribution in [2.75, 3.05) is 13.2 Å². The molecule has 1 aliphatic heterocycles. The number of rotatable bonds is 3. The molecule has 1 aromatic rings. The van der Waals surface area contributed by atoms with Crippen LogP contribution in [0.4, 0.5) is 0 Å². The Kier molecular flexibility index (Phi) is 4.04. The summed E-state index contributed by atoms with van der Waals surface area (Å²) >= 11 is 1.76. The van der Waals surface area contributed by atoms with Gasteiger partial charge in [-0.15, -0.1) is 11.3 Å². The smallest absolute Gasteiger partial charge is 0.227 e. The fourth-order valence-corrected chi connectivity index (χ4v) is 3.34. The van der Waals surface area contributed by atoms with E-state index in [1.807, 2.05) is 6.92 Å². The Morgan fingerprint density at radius 1 is 1.56 bits per heavy atom. The van der Waals surface area contributed by atoms with E-state index in [-0.39, 0.29) is 23.9 Å². The van der Waals surface area contributed by atoms with Gasteiger partial charge in [-0.2, -0.15) is 0 Å². The summed E-state index contributed by atoms with van der Waals surface area (Å²) in [6, 6.07) is 1.98. The van der Waals surface area contributed by atoms with Crippen molar-refractivity contribution < 1.29 is 9.53 Å². The Morgan fingerprint density at radius 2 is 2.28 bits per heavy atom. The highest BCUT2D eigenvalue weighted by molar-refractivity contribution is 7.12. The fourth-order valence-electron chi connectivity index (χ4n) is 2.32. The standard InChI is InChI=1S/C13H20N2O2S/c1-7-4-10(9(3)18-7)8(2)15-13(16)11-5-17-6-12(11)14/h4,8,11-12H,5-6,14H2,1-3H3,(H,15,16). The number of carbonyl (C=O) groups excluding carboxylic acids is 1. The minimum absolute atomic E-state index is 0.00393. The normalized spacial score (nSPS) is 25.1. The van der Waals surface area contributed by atoms with Crippen LogP contribution >= 0.6 is 11.3 Å². The molecule has 18 heavy (non-hydrogen) atoms. The highest BCUT2D eigenvalue weighted by Crippen LogP contribution is 2.26. The third-order valence-corrected chi connectivity index (χ3v) is 4.35. The van der Waals surface area contributed by atoms with Crippen LogP contribution in [-0.2, 0) is 9.53 Å². The number of hydrogen-bond acceptors (Lipinski definition) is 4. The molecule has 0 aliphatic carbocycles. The van der Waals surface area contributed by atoms with Crippen molar-refractivity contribution >= 4 is 17.2 Å². The predicted molar refractivity (Wildman–Crippen MR) is 72.6 cm³/mol. The first-order chi connectivity index (χ1) is 8.49. The molecular formula is C13H20N2O2S. The number of carbonyl (C=O) groups is 1. The molecule has 3 unspecified atom stereocenters. The highest BCUT2D eigenvalue weighted by atomic mass is 32.1. The Bertz CT molecular complexity index is 444. The molecule has 0 bridgehead atoms. The Hall–Kier alpha value is -0.910. The summed E-state index contributed by atoms with van der Waals surface area (Å²) in [6.07, 6.45) is 0. The Morgan fingerprint density at radius 3 is 2.78 bits per heavy atom. The van der Waals surface area contributed by atoms with E-state index in [1.165, 1.54) is 15.3 Å². The number of hydrogen-bond donors (Lipinski definition) is 2. The lowest BCUT2D eigenvalue weighted by atomic mass is 10.0. The topological polar surface area (TPSA) is 64.3 Å². The molecule has 100 valence electrons. The number of ether oxygens (including phenoxy) is 1. The minimum atomic E-state index is -0.215. The molecule has 1 aliphatic rings. The summed E-state index contributed by atoms with van der Waals surface area (Å²) < 4.78 is 5.22. The van der Waals surface area contributed by atoms with E-state index >= 15 is 0 Å². The molecule has 1 amide bonds. The van der Waals surface area contributed by atoms with E-state index in [4.69, 9.17) is 10.5 Å². The van der Waals surface area contributed by atoms with Crippen LogP contribution in [0.2, 0.25) is 0 Å². The zero-order valence-electron chi connectivity index (χ0n) is 11.0. The van der Waals surface area contributed by atoms with Crippen molar-refractivity contribution in [2.45, 2.75) is 32.9 Å². The molecule has 1 saturated heterocycles. The fraction of sp³-hybridized carbons (Fsp3) is 0.615. The molecule has 1 aromatic heterocycles. The van der Waals surface area contributed by atoms with E-state index < -0.39 is 0 Å². The number of amides is 1. The molecule has 2 heterocycles. The second-order valence-electron chi connectivity index (χ2n) is 4.91.